The van der Waals surface area contributed by atoms with Crippen LogP contribution >= 0.6 is 0 Å². The number of carbonyl (C=O) groups excluding carboxylic acids is 1. The number of benzene rings is 1. The Balaban J connectivity index is 0.000000218. The number of anilines is 1. The van der Waals surface area contributed by atoms with Crippen molar-refractivity contribution in [3.05, 3.63) is 59.8 Å². The number of hydrogen-bond donors (Lipinski definition) is 2. The summed E-state index contributed by atoms with van der Waals surface area (Å²) in [5.41, 5.74) is 5.11. The van der Waals surface area contributed by atoms with Crippen molar-refractivity contribution in [3.8, 4) is 0 Å². The molecular weight excluding hydrogens is 248 g/mol. The second kappa shape index (κ2) is 6.75. The summed E-state index contributed by atoms with van der Waals surface area (Å²) in [6.07, 6.45) is 1.79. The maximum Gasteiger partial charge on any atom is 0.335 e. The van der Waals surface area contributed by atoms with E-state index in [0.29, 0.717) is 5.82 Å². The SMILES string of the molecule is Nc1cccc[nH+]1.O=C([O-])c1cccc(C(=O)O)c1. The summed E-state index contributed by atoms with van der Waals surface area (Å²) < 4.78 is 0. The molecule has 0 aliphatic rings. The van der Waals surface area contributed by atoms with Crippen molar-refractivity contribution < 1.29 is 24.8 Å². The van der Waals surface area contributed by atoms with E-state index in [0.717, 1.165) is 6.07 Å². The Bertz CT molecular complexity index is 541. The highest BCUT2D eigenvalue weighted by atomic mass is 16.4. The Morgan fingerprint density at radius 2 is 1.79 bits per heavy atom. The van der Waals surface area contributed by atoms with Crippen molar-refractivity contribution in [2.75, 3.05) is 5.73 Å². The first-order chi connectivity index (χ1) is 9.00. The summed E-state index contributed by atoms with van der Waals surface area (Å²) in [5.74, 6) is -1.83. The molecular formula is C13H12N2O4. The van der Waals surface area contributed by atoms with Gasteiger partial charge in [0.1, 0.15) is 0 Å². The fraction of sp³-hybridized carbons (Fsp3) is 0. The zero-order chi connectivity index (χ0) is 14.3. The number of nitrogens with two attached hydrogens (primary N) is 1. The molecule has 1 heterocycles. The predicted molar refractivity (Wildman–Crippen MR) is 65.1 cm³/mol. The van der Waals surface area contributed by atoms with Crippen LogP contribution in [0.5, 0.6) is 0 Å². The molecule has 0 saturated heterocycles. The van der Waals surface area contributed by atoms with E-state index >= 15 is 0 Å². The molecule has 1 aromatic carbocycles. The number of aromatic nitrogens is 1. The first-order valence-electron chi connectivity index (χ1n) is 5.27. The smallest absolute Gasteiger partial charge is 0.335 e. The molecule has 0 bridgehead atoms. The number of H-pyrrole nitrogens is 1. The van der Waals surface area contributed by atoms with E-state index in [9.17, 15) is 14.7 Å². The lowest BCUT2D eigenvalue weighted by Gasteiger charge is -2.01. The van der Waals surface area contributed by atoms with E-state index < -0.39 is 11.9 Å². The zero-order valence-corrected chi connectivity index (χ0v) is 9.87. The molecule has 0 aliphatic carbocycles. The van der Waals surface area contributed by atoms with Crippen LogP contribution in [-0.2, 0) is 0 Å². The Morgan fingerprint density at radius 3 is 2.21 bits per heavy atom. The van der Waals surface area contributed by atoms with Crippen molar-refractivity contribution in [2.45, 2.75) is 0 Å². The van der Waals surface area contributed by atoms with Gasteiger partial charge in [-0.3, -0.25) is 5.73 Å². The second-order valence-electron chi connectivity index (χ2n) is 3.49. The van der Waals surface area contributed by atoms with Crippen molar-refractivity contribution in [1.82, 2.24) is 0 Å². The van der Waals surface area contributed by atoms with Crippen LogP contribution in [0.15, 0.2) is 48.7 Å². The summed E-state index contributed by atoms with van der Waals surface area (Å²) in [4.78, 5) is 23.4. The highest BCUT2D eigenvalue weighted by molar-refractivity contribution is 5.92. The summed E-state index contributed by atoms with van der Waals surface area (Å²) in [7, 11) is 0. The summed E-state index contributed by atoms with van der Waals surface area (Å²) in [5, 5.41) is 18.7. The third kappa shape index (κ3) is 4.86. The fourth-order valence-corrected chi connectivity index (χ4v) is 1.19. The minimum Gasteiger partial charge on any atom is -0.545 e. The number of hydrogen-bond acceptors (Lipinski definition) is 4. The van der Waals surface area contributed by atoms with Gasteiger partial charge >= 0.3 is 5.97 Å². The summed E-state index contributed by atoms with van der Waals surface area (Å²) >= 11 is 0. The molecule has 0 unspecified atom stereocenters. The standard InChI is InChI=1S/C8H6O4.C5H6N2/c9-7(10)5-2-1-3-6(4-5)8(11)12;6-5-3-1-2-4-7-5/h1-4H,(H,9,10)(H,11,12);1-4H,(H2,6,7). The number of pyridine rings is 1. The van der Waals surface area contributed by atoms with E-state index in [1.807, 2.05) is 12.1 Å². The van der Waals surface area contributed by atoms with Gasteiger partial charge < -0.3 is 15.0 Å². The van der Waals surface area contributed by atoms with Gasteiger partial charge in [-0.1, -0.05) is 18.2 Å². The Kier molecular flexibility index (Phi) is 5.04. The van der Waals surface area contributed by atoms with Crippen LogP contribution in [-0.4, -0.2) is 17.0 Å². The third-order valence-electron chi connectivity index (χ3n) is 2.08. The number of rotatable bonds is 2. The molecule has 0 spiro atoms. The van der Waals surface area contributed by atoms with Crippen LogP contribution in [0.3, 0.4) is 0 Å². The van der Waals surface area contributed by atoms with Gasteiger partial charge in [-0.15, -0.1) is 0 Å². The number of nitrogens with one attached hydrogen (secondary N) is 1. The van der Waals surface area contributed by atoms with Gasteiger partial charge in [-0.25, -0.2) is 9.78 Å². The Labute approximate surface area is 109 Å². The maximum absolute atomic E-state index is 10.4. The molecule has 0 radical (unpaired) electrons. The third-order valence-corrected chi connectivity index (χ3v) is 2.08. The van der Waals surface area contributed by atoms with Gasteiger partial charge in [0.15, 0.2) is 0 Å². The largest absolute Gasteiger partial charge is 0.545 e. The van der Waals surface area contributed by atoms with E-state index in [2.05, 4.69) is 4.98 Å². The lowest BCUT2D eigenvalue weighted by molar-refractivity contribution is -0.360. The average Bonchev–Trinajstić information content (AvgIpc) is 2.40. The van der Waals surface area contributed by atoms with Crippen molar-refractivity contribution in [3.63, 3.8) is 0 Å². The normalized spacial score (nSPS) is 9.05. The lowest BCUT2D eigenvalue weighted by Crippen LogP contribution is -2.22. The molecule has 6 heteroatoms. The zero-order valence-electron chi connectivity index (χ0n) is 9.87. The van der Waals surface area contributed by atoms with Gasteiger partial charge in [0.2, 0.25) is 0 Å². The average molecular weight is 260 g/mol. The summed E-state index contributed by atoms with van der Waals surface area (Å²) in [6.45, 7) is 0. The van der Waals surface area contributed by atoms with Gasteiger partial charge in [0.05, 0.1) is 17.7 Å². The highest BCUT2D eigenvalue weighted by Crippen LogP contribution is 2.03. The van der Waals surface area contributed by atoms with E-state index in [4.69, 9.17) is 10.8 Å². The van der Waals surface area contributed by atoms with Crippen LogP contribution < -0.4 is 15.8 Å². The first kappa shape index (κ1) is 14.2. The molecule has 0 atom stereocenters. The molecule has 19 heavy (non-hydrogen) atoms. The van der Waals surface area contributed by atoms with Gasteiger partial charge in [-0.2, -0.15) is 0 Å². The Hall–Kier alpha value is -2.89. The van der Waals surface area contributed by atoms with E-state index in [1.54, 1.807) is 12.3 Å². The number of aromatic amines is 1. The molecule has 0 saturated carbocycles. The van der Waals surface area contributed by atoms with Crippen LogP contribution in [0.2, 0.25) is 0 Å². The number of carbonyl (C=O) groups is 2. The number of nitrogen functional groups attached to an aromatic ring is 1. The molecule has 0 amide bonds. The van der Waals surface area contributed by atoms with Crippen LogP contribution in [0.1, 0.15) is 20.7 Å². The van der Waals surface area contributed by atoms with E-state index in [-0.39, 0.29) is 11.1 Å². The van der Waals surface area contributed by atoms with Crippen molar-refractivity contribution in [1.29, 1.82) is 0 Å². The molecule has 0 aliphatic heterocycles. The molecule has 2 rings (SSSR count). The first-order valence-corrected chi connectivity index (χ1v) is 5.27. The molecule has 0 fully saturated rings. The van der Waals surface area contributed by atoms with Crippen molar-refractivity contribution in [2.24, 2.45) is 0 Å². The molecule has 1 aromatic heterocycles. The van der Waals surface area contributed by atoms with Gasteiger partial charge in [0, 0.05) is 6.07 Å². The number of carboxylic acid groups (broad SMARTS) is 2. The van der Waals surface area contributed by atoms with Crippen LogP contribution in [0.4, 0.5) is 5.82 Å². The highest BCUT2D eigenvalue weighted by Gasteiger charge is 2.02. The number of aromatic carboxylic acids is 2. The number of carboxylic acids is 2. The van der Waals surface area contributed by atoms with E-state index in [1.165, 1.54) is 18.2 Å². The second-order valence-corrected chi connectivity index (χ2v) is 3.49. The van der Waals surface area contributed by atoms with Gasteiger partial charge in [-0.05, 0) is 23.8 Å². The minimum absolute atomic E-state index is 0.0586. The monoisotopic (exact) mass is 260 g/mol. The quantitative estimate of drug-likeness (QED) is 0.777. The molecule has 98 valence electrons. The maximum atomic E-state index is 10.4. The lowest BCUT2D eigenvalue weighted by atomic mass is 10.1. The minimum atomic E-state index is -1.38. The predicted octanol–water partition coefficient (Wildman–Crippen LogP) is -0.169. The Morgan fingerprint density at radius 1 is 1.11 bits per heavy atom. The van der Waals surface area contributed by atoms with Crippen LogP contribution in [0, 0.1) is 0 Å². The molecule has 4 N–H and O–H groups in total. The summed E-state index contributed by atoms with van der Waals surface area (Å²) in [6, 6.07) is 10.6. The molecule has 6 nitrogen and oxygen atoms in total. The van der Waals surface area contributed by atoms with Crippen LogP contribution in [0.25, 0.3) is 0 Å². The topological polar surface area (TPSA) is 118 Å². The van der Waals surface area contributed by atoms with Crippen molar-refractivity contribution >= 4 is 17.8 Å². The fourth-order valence-electron chi connectivity index (χ4n) is 1.19. The molecule has 2 aromatic rings. The van der Waals surface area contributed by atoms with Gasteiger partial charge in [0.25, 0.3) is 5.82 Å².